The van der Waals surface area contributed by atoms with Crippen LogP contribution in [0.1, 0.15) is 44.4 Å². The number of para-hydroxylation sites is 1. The number of hydrogen-bond acceptors (Lipinski definition) is 3. The van der Waals surface area contributed by atoms with Gasteiger partial charge in [-0.3, -0.25) is 4.98 Å². The molecule has 132 valence electrons. The molecule has 4 rings (SSSR count). The molecule has 0 saturated carbocycles. The van der Waals surface area contributed by atoms with Gasteiger partial charge < -0.3 is 4.42 Å². The van der Waals surface area contributed by atoms with E-state index in [1.54, 1.807) is 31.3 Å². The Bertz CT molecular complexity index is 1300. The predicted octanol–water partition coefficient (Wildman–Crippen LogP) is 6.25. The van der Waals surface area contributed by atoms with Crippen LogP contribution in [0.3, 0.4) is 0 Å². The molecule has 0 saturated heterocycles. The minimum absolute atomic E-state index is 0.205. The van der Waals surface area contributed by atoms with E-state index in [2.05, 4.69) is 9.97 Å². The number of aryl methyl sites for hydroxylation is 2. The average molecular weight is 349 g/mol. The Kier molecular flexibility index (Phi) is 2.71. The van der Waals surface area contributed by atoms with E-state index >= 15 is 0 Å². The van der Waals surface area contributed by atoms with Crippen molar-refractivity contribution in [3.63, 3.8) is 0 Å². The van der Waals surface area contributed by atoms with E-state index in [0.717, 1.165) is 0 Å². The van der Waals surface area contributed by atoms with Gasteiger partial charge in [0.2, 0.25) is 5.71 Å². The van der Waals surface area contributed by atoms with Crippen molar-refractivity contribution >= 4 is 22.1 Å². The van der Waals surface area contributed by atoms with Crippen LogP contribution >= 0.6 is 0 Å². The number of aromatic nitrogens is 2. The molecule has 0 fully saturated rings. The normalized spacial score (nSPS) is 16.1. The Labute approximate surface area is 161 Å². The van der Waals surface area contributed by atoms with Crippen LogP contribution in [-0.2, 0) is 6.37 Å². The Morgan fingerprint density at radius 1 is 1.19 bits per heavy atom. The van der Waals surface area contributed by atoms with E-state index < -0.39 is 18.6 Å². The standard InChI is InChI=1S/C23H24N2O/c1-14-11-15(2)25-22-20(14)18-8-6-7-17(21(18)26-22)19-12-16(9-10-24-19)13-23(3,4)5/h6-12H,13H2,1-5H3/i1D3,13D2. The van der Waals surface area contributed by atoms with Gasteiger partial charge >= 0.3 is 0 Å². The summed E-state index contributed by atoms with van der Waals surface area (Å²) >= 11 is 0. The molecule has 3 aromatic heterocycles. The van der Waals surface area contributed by atoms with Gasteiger partial charge in [-0.2, -0.15) is 0 Å². The highest BCUT2D eigenvalue weighted by Crippen LogP contribution is 2.36. The fraction of sp³-hybridized carbons (Fsp3) is 0.304. The average Bonchev–Trinajstić information content (AvgIpc) is 3.03. The molecule has 0 unspecified atom stereocenters. The zero-order valence-electron chi connectivity index (χ0n) is 20.3. The molecule has 0 aliphatic heterocycles. The van der Waals surface area contributed by atoms with Gasteiger partial charge in [0, 0.05) is 29.7 Å². The van der Waals surface area contributed by atoms with Gasteiger partial charge in [0.25, 0.3) is 0 Å². The van der Waals surface area contributed by atoms with E-state index in [-0.39, 0.29) is 11.3 Å². The van der Waals surface area contributed by atoms with Gasteiger partial charge in [-0.05, 0) is 61.0 Å². The van der Waals surface area contributed by atoms with Gasteiger partial charge in [-0.1, -0.05) is 32.9 Å². The lowest BCUT2D eigenvalue weighted by molar-refractivity contribution is 0.411. The number of benzene rings is 1. The van der Waals surface area contributed by atoms with Crippen molar-refractivity contribution in [2.75, 3.05) is 0 Å². The van der Waals surface area contributed by atoms with Crippen molar-refractivity contribution < 1.29 is 11.3 Å². The van der Waals surface area contributed by atoms with Crippen LogP contribution in [0.25, 0.3) is 33.3 Å². The maximum absolute atomic E-state index is 8.59. The highest BCUT2D eigenvalue weighted by molar-refractivity contribution is 6.09. The Morgan fingerprint density at radius 3 is 2.81 bits per heavy atom. The van der Waals surface area contributed by atoms with E-state index in [1.165, 1.54) is 0 Å². The molecule has 0 radical (unpaired) electrons. The number of nitrogens with zero attached hydrogens (tertiary/aromatic N) is 2. The third-order valence-corrected chi connectivity index (χ3v) is 4.15. The minimum atomic E-state index is -2.31. The first-order valence-electron chi connectivity index (χ1n) is 11.1. The molecule has 0 atom stereocenters. The minimum Gasteiger partial charge on any atom is -0.437 e. The number of pyridine rings is 2. The number of furan rings is 1. The van der Waals surface area contributed by atoms with Crippen LogP contribution in [0.2, 0.25) is 0 Å². The van der Waals surface area contributed by atoms with Crippen molar-refractivity contribution in [1.29, 1.82) is 0 Å². The second-order valence-corrected chi connectivity index (χ2v) is 7.58. The lowest BCUT2D eigenvalue weighted by Crippen LogP contribution is -2.09. The summed E-state index contributed by atoms with van der Waals surface area (Å²) in [4.78, 5) is 8.87. The van der Waals surface area contributed by atoms with Crippen LogP contribution < -0.4 is 0 Å². The molecule has 0 N–H and O–H groups in total. The molecular formula is C23H24N2O. The first kappa shape index (κ1) is 11.8. The lowest BCUT2D eigenvalue weighted by Gasteiger charge is -2.18. The molecule has 3 heteroatoms. The van der Waals surface area contributed by atoms with Crippen molar-refractivity contribution in [2.24, 2.45) is 5.41 Å². The molecule has 4 aromatic rings. The van der Waals surface area contributed by atoms with Gasteiger partial charge in [0.1, 0.15) is 5.58 Å². The molecular weight excluding hydrogens is 320 g/mol. The van der Waals surface area contributed by atoms with Crippen molar-refractivity contribution in [1.82, 2.24) is 9.97 Å². The molecule has 3 heterocycles. The van der Waals surface area contributed by atoms with E-state index in [4.69, 9.17) is 11.3 Å². The van der Waals surface area contributed by atoms with Crippen LogP contribution in [0.15, 0.2) is 47.0 Å². The quantitative estimate of drug-likeness (QED) is 0.429. The van der Waals surface area contributed by atoms with Crippen molar-refractivity contribution in [3.05, 3.63) is 59.4 Å². The largest absolute Gasteiger partial charge is 0.437 e. The van der Waals surface area contributed by atoms with Gasteiger partial charge in [-0.15, -0.1) is 0 Å². The van der Waals surface area contributed by atoms with Gasteiger partial charge in [0.05, 0.1) is 11.1 Å². The molecule has 0 spiro atoms. The van der Waals surface area contributed by atoms with E-state index in [0.29, 0.717) is 38.9 Å². The Morgan fingerprint density at radius 2 is 2.04 bits per heavy atom. The molecule has 0 aliphatic rings. The Balaban J connectivity index is 1.99. The summed E-state index contributed by atoms with van der Waals surface area (Å²) in [6, 6.07) is 10.5. The Hall–Kier alpha value is -2.68. The third-order valence-electron chi connectivity index (χ3n) is 4.15. The smallest absolute Gasteiger partial charge is 0.227 e. The molecule has 0 amide bonds. The maximum atomic E-state index is 8.59. The second kappa shape index (κ2) is 5.94. The molecule has 0 aliphatic carbocycles. The maximum Gasteiger partial charge on any atom is 0.227 e. The fourth-order valence-electron chi connectivity index (χ4n) is 3.21. The van der Waals surface area contributed by atoms with E-state index in [1.807, 2.05) is 39.0 Å². The van der Waals surface area contributed by atoms with Crippen LogP contribution in [0.5, 0.6) is 0 Å². The predicted molar refractivity (Wildman–Crippen MR) is 107 cm³/mol. The van der Waals surface area contributed by atoms with Gasteiger partial charge in [0.15, 0.2) is 0 Å². The summed E-state index contributed by atoms with van der Waals surface area (Å²) in [5.41, 5.74) is 2.67. The molecule has 3 nitrogen and oxygen atoms in total. The monoisotopic (exact) mass is 349 g/mol. The van der Waals surface area contributed by atoms with Crippen LogP contribution in [-0.4, -0.2) is 9.97 Å². The fourth-order valence-corrected chi connectivity index (χ4v) is 3.21. The van der Waals surface area contributed by atoms with Crippen LogP contribution in [0, 0.1) is 19.2 Å². The SMILES string of the molecule is [2H]C([2H])([2H])c1cc(C)nc2oc3c(-c4cc(C([2H])([2H])C(C)(C)C)ccn4)cccc3c12. The number of hydrogen-bond donors (Lipinski definition) is 0. The number of rotatable bonds is 2. The summed E-state index contributed by atoms with van der Waals surface area (Å²) in [6.07, 6.45) is 0.0194. The summed E-state index contributed by atoms with van der Waals surface area (Å²) < 4.78 is 47.1. The second-order valence-electron chi connectivity index (χ2n) is 7.58. The molecule has 26 heavy (non-hydrogen) atoms. The highest BCUT2D eigenvalue weighted by atomic mass is 16.3. The van der Waals surface area contributed by atoms with Crippen molar-refractivity contribution in [3.8, 4) is 11.3 Å². The van der Waals surface area contributed by atoms with Crippen molar-refractivity contribution in [2.45, 2.75) is 40.9 Å². The third kappa shape index (κ3) is 2.98. The summed E-state index contributed by atoms with van der Waals surface area (Å²) in [7, 11) is 0. The number of fused-ring (bicyclic) bond motifs is 3. The summed E-state index contributed by atoms with van der Waals surface area (Å²) in [5, 5.41) is 1.13. The first-order chi connectivity index (χ1) is 14.3. The topological polar surface area (TPSA) is 38.9 Å². The van der Waals surface area contributed by atoms with Gasteiger partial charge in [-0.25, -0.2) is 4.98 Å². The lowest BCUT2D eigenvalue weighted by atomic mass is 9.88. The highest BCUT2D eigenvalue weighted by Gasteiger charge is 2.17. The van der Waals surface area contributed by atoms with E-state index in [9.17, 15) is 0 Å². The zero-order chi connectivity index (χ0) is 22.8. The summed E-state index contributed by atoms with van der Waals surface area (Å²) in [6.45, 7) is 5.01. The molecule has 1 aromatic carbocycles. The first-order valence-corrected chi connectivity index (χ1v) is 8.61. The zero-order valence-corrected chi connectivity index (χ0v) is 15.3. The van der Waals surface area contributed by atoms with Crippen LogP contribution in [0.4, 0.5) is 0 Å². The molecule has 0 bridgehead atoms. The summed E-state index contributed by atoms with van der Waals surface area (Å²) in [5.74, 6) is 0.